The van der Waals surface area contributed by atoms with Crippen molar-refractivity contribution >= 4 is 11.8 Å². The molecule has 1 saturated carbocycles. The Hall–Kier alpha value is -2.04. The molecule has 2 rings (SSSR count). The van der Waals surface area contributed by atoms with Gasteiger partial charge < -0.3 is 15.8 Å². The van der Waals surface area contributed by atoms with Gasteiger partial charge in [0.2, 0.25) is 11.8 Å². The van der Waals surface area contributed by atoms with Gasteiger partial charge in [-0.15, -0.1) is 0 Å². The van der Waals surface area contributed by atoms with E-state index in [0.717, 1.165) is 24.2 Å². The molecule has 0 aliphatic heterocycles. The molecule has 1 fully saturated rings. The molecule has 0 saturated heterocycles. The summed E-state index contributed by atoms with van der Waals surface area (Å²) >= 11 is 0. The average molecular weight is 304 g/mol. The highest BCUT2D eigenvalue weighted by atomic mass is 16.5. The summed E-state index contributed by atoms with van der Waals surface area (Å²) in [6.07, 6.45) is 5.46. The smallest absolute Gasteiger partial charge is 0.240 e. The van der Waals surface area contributed by atoms with E-state index < -0.39 is 11.9 Å². The van der Waals surface area contributed by atoms with Gasteiger partial charge in [0.25, 0.3) is 0 Å². The highest BCUT2D eigenvalue weighted by molar-refractivity contribution is 5.86. The van der Waals surface area contributed by atoms with Crippen LogP contribution in [-0.2, 0) is 16.0 Å². The fourth-order valence-electron chi connectivity index (χ4n) is 2.99. The summed E-state index contributed by atoms with van der Waals surface area (Å²) in [5.74, 6) is 0.574. The summed E-state index contributed by atoms with van der Waals surface area (Å²) in [6.45, 7) is 0. The molecule has 0 spiro atoms. The zero-order valence-electron chi connectivity index (χ0n) is 13.0. The van der Waals surface area contributed by atoms with Gasteiger partial charge in [-0.05, 0) is 36.5 Å². The zero-order valence-corrected chi connectivity index (χ0v) is 13.0. The first kappa shape index (κ1) is 16.3. The molecule has 1 aromatic carbocycles. The van der Waals surface area contributed by atoms with Crippen LogP contribution in [0.15, 0.2) is 24.3 Å². The van der Waals surface area contributed by atoms with Crippen molar-refractivity contribution < 1.29 is 14.3 Å². The average Bonchev–Trinajstić information content (AvgIpc) is 2.99. The van der Waals surface area contributed by atoms with Crippen molar-refractivity contribution in [3.63, 3.8) is 0 Å². The van der Waals surface area contributed by atoms with Crippen molar-refractivity contribution in [2.75, 3.05) is 7.11 Å². The fourth-order valence-corrected chi connectivity index (χ4v) is 2.99. The van der Waals surface area contributed by atoms with Crippen LogP contribution in [0.1, 0.15) is 37.7 Å². The quantitative estimate of drug-likeness (QED) is 0.805. The van der Waals surface area contributed by atoms with E-state index in [-0.39, 0.29) is 5.91 Å². The Morgan fingerprint density at radius 3 is 2.73 bits per heavy atom. The van der Waals surface area contributed by atoms with Crippen LogP contribution in [0.3, 0.4) is 0 Å². The Bertz CT molecular complexity index is 524. The summed E-state index contributed by atoms with van der Waals surface area (Å²) in [5.41, 5.74) is 6.33. The Balaban J connectivity index is 1.93. The van der Waals surface area contributed by atoms with Crippen molar-refractivity contribution in [2.45, 2.75) is 44.6 Å². The maximum absolute atomic E-state index is 12.1. The van der Waals surface area contributed by atoms with Gasteiger partial charge >= 0.3 is 0 Å². The fraction of sp³-hybridized carbons (Fsp3) is 0.529. The van der Waals surface area contributed by atoms with E-state index in [1.165, 1.54) is 12.8 Å². The van der Waals surface area contributed by atoms with Gasteiger partial charge in [0.05, 0.1) is 7.11 Å². The van der Waals surface area contributed by atoms with Crippen molar-refractivity contribution in [3.05, 3.63) is 29.8 Å². The molecule has 0 unspecified atom stereocenters. The van der Waals surface area contributed by atoms with Gasteiger partial charge in [0.1, 0.15) is 11.8 Å². The first-order valence-corrected chi connectivity index (χ1v) is 7.80. The first-order chi connectivity index (χ1) is 10.6. The number of ether oxygens (including phenoxy) is 1. The number of nitrogens with one attached hydrogen (secondary N) is 1. The van der Waals surface area contributed by atoms with Crippen LogP contribution in [0.5, 0.6) is 5.75 Å². The monoisotopic (exact) mass is 304 g/mol. The maximum atomic E-state index is 12.1. The number of benzene rings is 1. The molecule has 1 aromatic rings. The minimum absolute atomic E-state index is 0.0846. The number of primary amides is 1. The topological polar surface area (TPSA) is 81.4 Å². The maximum Gasteiger partial charge on any atom is 0.240 e. The lowest BCUT2D eigenvalue weighted by Gasteiger charge is -2.17. The van der Waals surface area contributed by atoms with Crippen molar-refractivity contribution in [2.24, 2.45) is 11.7 Å². The van der Waals surface area contributed by atoms with Gasteiger partial charge in [-0.1, -0.05) is 25.0 Å². The Morgan fingerprint density at radius 1 is 1.36 bits per heavy atom. The van der Waals surface area contributed by atoms with E-state index in [0.29, 0.717) is 18.8 Å². The number of rotatable bonds is 7. The van der Waals surface area contributed by atoms with Gasteiger partial charge in [-0.25, -0.2) is 0 Å². The summed E-state index contributed by atoms with van der Waals surface area (Å²) in [6, 6.07) is 6.75. The zero-order chi connectivity index (χ0) is 15.9. The van der Waals surface area contributed by atoms with Crippen LogP contribution in [0.4, 0.5) is 0 Å². The van der Waals surface area contributed by atoms with E-state index in [4.69, 9.17) is 10.5 Å². The molecule has 5 heteroatoms. The van der Waals surface area contributed by atoms with Crippen LogP contribution in [-0.4, -0.2) is 25.0 Å². The summed E-state index contributed by atoms with van der Waals surface area (Å²) in [4.78, 5) is 23.7. The molecule has 22 heavy (non-hydrogen) atoms. The largest absolute Gasteiger partial charge is 0.497 e. The predicted molar refractivity (Wildman–Crippen MR) is 84.4 cm³/mol. The number of hydrogen-bond acceptors (Lipinski definition) is 3. The molecule has 120 valence electrons. The van der Waals surface area contributed by atoms with Crippen LogP contribution < -0.4 is 15.8 Å². The molecule has 0 aromatic heterocycles. The molecule has 1 atom stereocenters. The van der Waals surface area contributed by atoms with Crippen LogP contribution >= 0.6 is 0 Å². The third-order valence-electron chi connectivity index (χ3n) is 4.20. The van der Waals surface area contributed by atoms with E-state index in [9.17, 15) is 9.59 Å². The molecular weight excluding hydrogens is 280 g/mol. The third-order valence-corrected chi connectivity index (χ3v) is 4.20. The predicted octanol–water partition coefficient (Wildman–Crippen LogP) is 1.79. The second-order valence-electron chi connectivity index (χ2n) is 5.93. The first-order valence-electron chi connectivity index (χ1n) is 7.80. The number of carbonyl (C=O) groups excluding carboxylic acids is 2. The molecule has 3 N–H and O–H groups in total. The van der Waals surface area contributed by atoms with Gasteiger partial charge in [0, 0.05) is 12.8 Å². The van der Waals surface area contributed by atoms with E-state index in [1.54, 1.807) is 7.11 Å². The molecule has 1 aliphatic rings. The summed E-state index contributed by atoms with van der Waals surface area (Å²) in [5, 5.41) is 2.78. The Kier molecular flexibility index (Phi) is 5.81. The number of carbonyl (C=O) groups is 2. The highest BCUT2D eigenvalue weighted by Crippen LogP contribution is 2.27. The van der Waals surface area contributed by atoms with Gasteiger partial charge in [0.15, 0.2) is 0 Å². The lowest BCUT2D eigenvalue weighted by molar-refractivity contribution is -0.127. The van der Waals surface area contributed by atoms with Crippen molar-refractivity contribution in [1.29, 1.82) is 0 Å². The number of hydrogen-bond donors (Lipinski definition) is 2. The van der Waals surface area contributed by atoms with Crippen LogP contribution in [0, 0.1) is 5.92 Å². The molecule has 2 amide bonds. The molecule has 0 radical (unpaired) electrons. The van der Waals surface area contributed by atoms with Crippen LogP contribution in [0.25, 0.3) is 0 Å². The SMILES string of the molecule is COc1cccc(C[C@H](NC(=O)CC2CCCC2)C(N)=O)c1. The minimum Gasteiger partial charge on any atom is -0.497 e. The molecule has 1 aliphatic carbocycles. The standard InChI is InChI=1S/C17H24N2O3/c1-22-14-8-4-7-13(9-14)10-15(17(18)21)19-16(20)11-12-5-2-3-6-12/h4,7-9,12,15H,2-3,5-6,10-11H2,1H3,(H2,18,21)(H,19,20)/t15-/m0/s1. The second-order valence-corrected chi connectivity index (χ2v) is 5.93. The van der Waals surface area contributed by atoms with E-state index in [1.807, 2.05) is 24.3 Å². The lowest BCUT2D eigenvalue weighted by Crippen LogP contribution is -2.46. The molecular formula is C17H24N2O3. The highest BCUT2D eigenvalue weighted by Gasteiger charge is 2.22. The van der Waals surface area contributed by atoms with Gasteiger partial charge in [-0.3, -0.25) is 9.59 Å². The van der Waals surface area contributed by atoms with Crippen LogP contribution in [0.2, 0.25) is 0 Å². The van der Waals surface area contributed by atoms with Gasteiger partial charge in [-0.2, -0.15) is 0 Å². The third kappa shape index (κ3) is 4.76. The second kappa shape index (κ2) is 7.82. The van der Waals surface area contributed by atoms with Crippen molar-refractivity contribution in [1.82, 2.24) is 5.32 Å². The van der Waals surface area contributed by atoms with Crippen molar-refractivity contribution in [3.8, 4) is 5.75 Å². The molecule has 5 nitrogen and oxygen atoms in total. The Labute approximate surface area is 131 Å². The Morgan fingerprint density at radius 2 is 2.09 bits per heavy atom. The number of nitrogens with two attached hydrogens (primary N) is 1. The normalized spacial score (nSPS) is 16.2. The molecule has 0 bridgehead atoms. The lowest BCUT2D eigenvalue weighted by atomic mass is 10.0. The number of methoxy groups -OCH3 is 1. The number of amides is 2. The minimum atomic E-state index is -0.680. The van der Waals surface area contributed by atoms with E-state index in [2.05, 4.69) is 5.32 Å². The van der Waals surface area contributed by atoms with E-state index >= 15 is 0 Å². The summed E-state index contributed by atoms with van der Waals surface area (Å²) in [7, 11) is 1.59. The molecule has 0 heterocycles. The summed E-state index contributed by atoms with van der Waals surface area (Å²) < 4.78 is 5.16.